The SMILES string of the molecule is O=c1c2ccccc2nc(-c2cc3cc(Br)ccc3o2)n1N=Cc1cccc([N+](=O)[O-])c1OCc1cccc2ccccc12. The molecule has 7 rings (SSSR count). The number of nitro groups is 1. The lowest BCUT2D eigenvalue weighted by molar-refractivity contribution is -0.385. The number of nitro benzene ring substituents is 1. The van der Waals surface area contributed by atoms with Gasteiger partial charge in [-0.15, -0.1) is 0 Å². The fraction of sp³-hybridized carbons (Fsp3) is 0.0294. The summed E-state index contributed by atoms with van der Waals surface area (Å²) >= 11 is 3.47. The first-order valence-electron chi connectivity index (χ1n) is 13.6. The Labute approximate surface area is 257 Å². The Morgan fingerprint density at radius 2 is 1.68 bits per heavy atom. The van der Waals surface area contributed by atoms with Crippen molar-refractivity contribution in [2.24, 2.45) is 5.10 Å². The van der Waals surface area contributed by atoms with Crippen molar-refractivity contribution in [1.29, 1.82) is 0 Å². The molecule has 0 radical (unpaired) electrons. The Kier molecular flexibility index (Phi) is 6.95. The maximum atomic E-state index is 13.7. The highest BCUT2D eigenvalue weighted by molar-refractivity contribution is 9.10. The van der Waals surface area contributed by atoms with Gasteiger partial charge in [-0.05, 0) is 58.8 Å². The summed E-state index contributed by atoms with van der Waals surface area (Å²) in [5.74, 6) is 0.552. The molecule has 5 aromatic carbocycles. The Balaban J connectivity index is 1.34. The molecule has 44 heavy (non-hydrogen) atoms. The number of benzene rings is 5. The molecule has 0 N–H and O–H groups in total. The third kappa shape index (κ3) is 5.01. The van der Waals surface area contributed by atoms with Gasteiger partial charge in [0.1, 0.15) is 12.2 Å². The van der Waals surface area contributed by atoms with Crippen LogP contribution in [0.4, 0.5) is 5.69 Å². The van der Waals surface area contributed by atoms with Crippen LogP contribution in [-0.2, 0) is 6.61 Å². The van der Waals surface area contributed by atoms with Gasteiger partial charge in [0.2, 0.25) is 11.6 Å². The van der Waals surface area contributed by atoms with Gasteiger partial charge in [0, 0.05) is 21.5 Å². The number of rotatable bonds is 7. The zero-order chi connectivity index (χ0) is 30.2. The number of halogens is 1. The summed E-state index contributed by atoms with van der Waals surface area (Å²) in [7, 11) is 0. The molecule has 7 aromatic rings. The molecule has 0 saturated carbocycles. The number of hydrogen-bond acceptors (Lipinski definition) is 7. The van der Waals surface area contributed by atoms with Crippen LogP contribution >= 0.6 is 15.9 Å². The minimum absolute atomic E-state index is 0.0334. The van der Waals surface area contributed by atoms with Gasteiger partial charge >= 0.3 is 5.69 Å². The maximum absolute atomic E-state index is 13.7. The smallest absolute Gasteiger partial charge is 0.311 e. The largest absolute Gasteiger partial charge is 0.481 e. The molecule has 0 unspecified atom stereocenters. The number of nitrogens with zero attached hydrogens (tertiary/aromatic N) is 4. The van der Waals surface area contributed by atoms with Crippen molar-refractivity contribution < 1.29 is 14.1 Å². The molecule has 0 aliphatic heterocycles. The summed E-state index contributed by atoms with van der Waals surface area (Å²) in [6, 6.07) is 32.6. The van der Waals surface area contributed by atoms with Crippen LogP contribution < -0.4 is 10.3 Å². The van der Waals surface area contributed by atoms with Crippen LogP contribution in [-0.4, -0.2) is 20.8 Å². The zero-order valence-corrected chi connectivity index (χ0v) is 24.5. The molecule has 9 nitrogen and oxygen atoms in total. The molecule has 10 heteroatoms. The summed E-state index contributed by atoms with van der Waals surface area (Å²) in [4.78, 5) is 30.0. The summed E-state index contributed by atoms with van der Waals surface area (Å²) in [5.41, 5.74) is 1.64. The lowest BCUT2D eigenvalue weighted by atomic mass is 10.1. The van der Waals surface area contributed by atoms with Crippen LogP contribution in [0.3, 0.4) is 0 Å². The van der Waals surface area contributed by atoms with Gasteiger partial charge in [-0.2, -0.15) is 9.78 Å². The van der Waals surface area contributed by atoms with E-state index in [2.05, 4.69) is 21.0 Å². The fourth-order valence-electron chi connectivity index (χ4n) is 5.15. The van der Waals surface area contributed by atoms with Crippen molar-refractivity contribution in [1.82, 2.24) is 9.66 Å². The molecule has 0 fully saturated rings. The normalized spacial score (nSPS) is 11.6. The highest BCUT2D eigenvalue weighted by atomic mass is 79.9. The first-order chi connectivity index (χ1) is 21.5. The van der Waals surface area contributed by atoms with E-state index in [1.54, 1.807) is 42.5 Å². The molecule has 2 heterocycles. The van der Waals surface area contributed by atoms with Crippen molar-refractivity contribution >= 4 is 60.5 Å². The van der Waals surface area contributed by atoms with E-state index >= 15 is 0 Å². The van der Waals surface area contributed by atoms with Crippen LogP contribution in [0.15, 0.2) is 128 Å². The predicted molar refractivity (Wildman–Crippen MR) is 173 cm³/mol. The topological polar surface area (TPSA) is 113 Å². The van der Waals surface area contributed by atoms with Crippen molar-refractivity contribution in [2.45, 2.75) is 6.61 Å². The van der Waals surface area contributed by atoms with Gasteiger partial charge in [-0.1, -0.05) is 76.6 Å². The first kappa shape index (κ1) is 27.2. The second kappa shape index (κ2) is 11.2. The van der Waals surface area contributed by atoms with Crippen molar-refractivity contribution in [3.63, 3.8) is 0 Å². The summed E-state index contributed by atoms with van der Waals surface area (Å²) in [5, 5.41) is 19.7. The summed E-state index contributed by atoms with van der Waals surface area (Å²) < 4.78 is 14.2. The van der Waals surface area contributed by atoms with Crippen LogP contribution in [0.2, 0.25) is 0 Å². The van der Waals surface area contributed by atoms with Crippen LogP contribution in [0.5, 0.6) is 5.75 Å². The lowest BCUT2D eigenvalue weighted by Gasteiger charge is -2.12. The summed E-state index contributed by atoms with van der Waals surface area (Å²) in [6.07, 6.45) is 1.37. The van der Waals surface area contributed by atoms with Crippen molar-refractivity contribution in [2.75, 3.05) is 0 Å². The minimum atomic E-state index is -0.502. The average molecular weight is 645 g/mol. The van der Waals surface area contributed by atoms with E-state index in [-0.39, 0.29) is 23.9 Å². The molecule has 0 saturated heterocycles. The van der Waals surface area contributed by atoms with E-state index in [0.29, 0.717) is 27.8 Å². The Hall–Kier alpha value is -5.61. The number of fused-ring (bicyclic) bond motifs is 3. The molecule has 2 aromatic heterocycles. The highest BCUT2D eigenvalue weighted by Crippen LogP contribution is 2.33. The van der Waals surface area contributed by atoms with Crippen molar-refractivity contribution in [3.8, 4) is 17.3 Å². The van der Waals surface area contributed by atoms with E-state index in [9.17, 15) is 14.9 Å². The maximum Gasteiger partial charge on any atom is 0.311 e. The van der Waals surface area contributed by atoms with E-state index in [1.165, 1.54) is 12.3 Å². The summed E-state index contributed by atoms with van der Waals surface area (Å²) in [6.45, 7) is 0.0876. The average Bonchev–Trinajstić information content (AvgIpc) is 3.46. The number of aromatic nitrogens is 2. The van der Waals surface area contributed by atoms with Gasteiger partial charge in [-0.3, -0.25) is 14.9 Å². The molecule has 0 atom stereocenters. The fourth-order valence-corrected chi connectivity index (χ4v) is 5.53. The van der Waals surface area contributed by atoms with Crippen LogP contribution in [0, 0.1) is 10.1 Å². The molecule has 0 aliphatic carbocycles. The number of ether oxygens (including phenoxy) is 1. The molecular weight excluding hydrogens is 624 g/mol. The second-order valence-electron chi connectivity index (χ2n) is 9.99. The van der Waals surface area contributed by atoms with Gasteiger partial charge in [0.15, 0.2) is 5.76 Å². The molecule has 214 valence electrons. The predicted octanol–water partition coefficient (Wildman–Crippen LogP) is 8.09. The van der Waals surface area contributed by atoms with Crippen LogP contribution in [0.25, 0.3) is 44.2 Å². The number of hydrogen-bond donors (Lipinski definition) is 0. The number of para-hydroxylation sites is 2. The highest BCUT2D eigenvalue weighted by Gasteiger charge is 2.20. The monoisotopic (exact) mass is 644 g/mol. The van der Waals surface area contributed by atoms with E-state index in [1.807, 2.05) is 60.7 Å². The second-order valence-corrected chi connectivity index (χ2v) is 10.9. The molecule has 0 spiro atoms. The minimum Gasteiger partial charge on any atom is -0.481 e. The van der Waals surface area contributed by atoms with Crippen molar-refractivity contribution in [3.05, 3.63) is 145 Å². The van der Waals surface area contributed by atoms with Gasteiger partial charge in [-0.25, -0.2) is 4.98 Å². The first-order valence-corrected chi connectivity index (χ1v) is 14.4. The van der Waals surface area contributed by atoms with E-state index in [0.717, 1.165) is 30.9 Å². The molecule has 0 amide bonds. The van der Waals surface area contributed by atoms with Crippen LogP contribution in [0.1, 0.15) is 11.1 Å². The lowest BCUT2D eigenvalue weighted by Crippen LogP contribution is -2.20. The third-order valence-corrected chi connectivity index (χ3v) is 7.73. The molecular formula is C34H21BrN4O5. The van der Waals surface area contributed by atoms with Gasteiger partial charge in [0.05, 0.1) is 22.0 Å². The van der Waals surface area contributed by atoms with E-state index < -0.39 is 10.5 Å². The van der Waals surface area contributed by atoms with E-state index in [4.69, 9.17) is 14.1 Å². The van der Waals surface area contributed by atoms with Gasteiger partial charge < -0.3 is 9.15 Å². The third-order valence-electron chi connectivity index (χ3n) is 7.24. The number of furan rings is 1. The Morgan fingerprint density at radius 3 is 2.55 bits per heavy atom. The zero-order valence-electron chi connectivity index (χ0n) is 22.9. The molecule has 0 bridgehead atoms. The molecule has 0 aliphatic rings. The van der Waals surface area contributed by atoms with Gasteiger partial charge in [0.25, 0.3) is 5.56 Å². The Morgan fingerprint density at radius 1 is 0.909 bits per heavy atom. The Bertz CT molecular complexity index is 2320. The standard InChI is InChI=1S/C34H21BrN4O5/c35-25-15-16-30-24(17-25)18-31(44-30)33-37-28-13-4-3-12-27(28)34(40)38(33)36-19-22-9-6-14-29(39(41)42)32(22)43-20-23-10-5-8-21-7-1-2-11-26(21)23/h1-19H,20H2. The quantitative estimate of drug-likeness (QED) is 0.0984.